The number of nitrogens with one attached hydrogen (secondary N) is 1. The summed E-state index contributed by atoms with van der Waals surface area (Å²) in [4.78, 5) is 29.7. The Morgan fingerprint density at radius 2 is 1.91 bits per heavy atom. The van der Waals surface area contributed by atoms with Crippen molar-refractivity contribution in [3.63, 3.8) is 0 Å². The average molecular weight is 463 g/mol. The van der Waals surface area contributed by atoms with Gasteiger partial charge < -0.3 is 10.2 Å². The third-order valence-corrected chi connectivity index (χ3v) is 10.1. The number of rotatable bonds is 3. The molecule has 7 atom stereocenters. The van der Waals surface area contributed by atoms with Crippen LogP contribution in [0, 0.1) is 34.5 Å². The van der Waals surface area contributed by atoms with Gasteiger partial charge in [-0.05, 0) is 106 Å². The lowest BCUT2D eigenvalue weighted by Crippen LogP contribution is -2.51. The van der Waals surface area contributed by atoms with Crippen molar-refractivity contribution < 1.29 is 14.4 Å². The SMILES string of the molecule is CC(=NOC(=O)[C@@H]1CCCN1)[C@H]1CC[C@H]2C3CCC4=CC(=O)CC[C@]4(C)C3CC[C@]12C.Cl. The third-order valence-electron chi connectivity index (χ3n) is 10.1. The van der Waals surface area contributed by atoms with Gasteiger partial charge in [-0.3, -0.25) is 4.79 Å². The minimum atomic E-state index is -0.230. The Kier molecular flexibility index (Phi) is 6.63. The van der Waals surface area contributed by atoms with E-state index in [9.17, 15) is 9.59 Å². The van der Waals surface area contributed by atoms with Gasteiger partial charge in [-0.25, -0.2) is 4.79 Å². The predicted octanol–water partition coefficient (Wildman–Crippen LogP) is 5.23. The number of carbonyl (C=O) groups is 2. The fourth-order valence-corrected chi connectivity index (χ4v) is 8.38. The van der Waals surface area contributed by atoms with E-state index < -0.39 is 0 Å². The summed E-state index contributed by atoms with van der Waals surface area (Å²) in [5.41, 5.74) is 2.91. The summed E-state index contributed by atoms with van der Waals surface area (Å²) in [6, 6.07) is -0.188. The second-order valence-corrected chi connectivity index (χ2v) is 11.4. The molecule has 1 aliphatic heterocycles. The maximum atomic E-state index is 12.3. The first-order valence-electron chi connectivity index (χ1n) is 12.6. The second-order valence-electron chi connectivity index (χ2n) is 11.4. The van der Waals surface area contributed by atoms with E-state index in [-0.39, 0.29) is 35.2 Å². The van der Waals surface area contributed by atoms with Crippen LogP contribution in [0.3, 0.4) is 0 Å². The van der Waals surface area contributed by atoms with Crippen molar-refractivity contribution in [2.24, 2.45) is 39.7 Å². The summed E-state index contributed by atoms with van der Waals surface area (Å²) in [6.45, 7) is 7.87. The van der Waals surface area contributed by atoms with E-state index in [1.54, 1.807) is 0 Å². The lowest BCUT2D eigenvalue weighted by molar-refractivity contribution is -0.145. The van der Waals surface area contributed by atoms with Crippen LogP contribution >= 0.6 is 12.4 Å². The Bertz CT molecular complexity index is 833. The summed E-state index contributed by atoms with van der Waals surface area (Å²) in [7, 11) is 0. The van der Waals surface area contributed by atoms with Crippen molar-refractivity contribution in [2.45, 2.75) is 91.0 Å². The average Bonchev–Trinajstić information content (AvgIpc) is 3.40. The minimum Gasteiger partial charge on any atom is -0.317 e. The van der Waals surface area contributed by atoms with Gasteiger partial charge in [0.15, 0.2) is 5.78 Å². The summed E-state index contributed by atoms with van der Waals surface area (Å²) >= 11 is 0. The first-order chi connectivity index (χ1) is 14.8. The molecule has 32 heavy (non-hydrogen) atoms. The molecule has 0 radical (unpaired) electrons. The van der Waals surface area contributed by atoms with E-state index in [2.05, 4.69) is 31.2 Å². The monoisotopic (exact) mass is 462 g/mol. The fraction of sp³-hybridized carbons (Fsp3) is 0.808. The molecule has 1 heterocycles. The van der Waals surface area contributed by atoms with Crippen LogP contribution in [0.25, 0.3) is 0 Å². The quantitative estimate of drug-likeness (QED) is 0.354. The number of halogens is 1. The number of carbonyl (C=O) groups excluding carboxylic acids is 2. The minimum absolute atomic E-state index is 0. The molecule has 2 unspecified atom stereocenters. The van der Waals surface area contributed by atoms with Crippen LogP contribution in [0.4, 0.5) is 0 Å². The zero-order chi connectivity index (χ0) is 21.8. The molecular formula is C26H39ClN2O3. The molecule has 6 heteroatoms. The van der Waals surface area contributed by atoms with E-state index in [1.807, 2.05) is 6.08 Å². The Hall–Kier alpha value is -1.20. The molecule has 0 aromatic rings. The second kappa shape index (κ2) is 8.87. The van der Waals surface area contributed by atoms with Crippen molar-refractivity contribution in [1.29, 1.82) is 0 Å². The fourth-order valence-electron chi connectivity index (χ4n) is 8.38. The molecule has 0 spiro atoms. The van der Waals surface area contributed by atoms with Crippen LogP contribution in [0.2, 0.25) is 0 Å². The molecule has 3 saturated carbocycles. The van der Waals surface area contributed by atoms with Gasteiger partial charge in [0.1, 0.15) is 6.04 Å². The molecule has 1 saturated heterocycles. The number of ketones is 1. The Morgan fingerprint density at radius 3 is 2.66 bits per heavy atom. The molecule has 0 aromatic heterocycles. The van der Waals surface area contributed by atoms with Crippen LogP contribution in [-0.4, -0.2) is 30.1 Å². The molecule has 1 N–H and O–H groups in total. The Labute approximate surface area is 198 Å². The Balaban J connectivity index is 0.00000245. The zero-order valence-electron chi connectivity index (χ0n) is 19.8. The zero-order valence-corrected chi connectivity index (χ0v) is 20.6. The van der Waals surface area contributed by atoms with Gasteiger partial charge in [-0.15, -0.1) is 12.4 Å². The highest BCUT2D eigenvalue weighted by Gasteiger charge is 2.59. The number of hydrogen-bond acceptors (Lipinski definition) is 5. The molecule has 0 amide bonds. The number of nitrogens with zero attached hydrogens (tertiary/aromatic N) is 1. The lowest BCUT2D eigenvalue weighted by Gasteiger charge is -2.58. The molecule has 5 nitrogen and oxygen atoms in total. The van der Waals surface area contributed by atoms with Gasteiger partial charge >= 0.3 is 5.97 Å². The number of allylic oxidation sites excluding steroid dienone is 1. The highest BCUT2D eigenvalue weighted by atomic mass is 35.5. The number of oxime groups is 1. The van der Waals surface area contributed by atoms with E-state index >= 15 is 0 Å². The van der Waals surface area contributed by atoms with Crippen molar-refractivity contribution >= 4 is 29.9 Å². The van der Waals surface area contributed by atoms with Gasteiger partial charge in [0, 0.05) is 12.3 Å². The van der Waals surface area contributed by atoms with E-state index in [4.69, 9.17) is 4.84 Å². The lowest BCUT2D eigenvalue weighted by atomic mass is 9.46. The van der Waals surface area contributed by atoms with E-state index in [0.29, 0.717) is 23.5 Å². The van der Waals surface area contributed by atoms with Gasteiger partial charge in [-0.2, -0.15) is 0 Å². The first-order valence-corrected chi connectivity index (χ1v) is 12.6. The van der Waals surface area contributed by atoms with Gasteiger partial charge in [0.05, 0.1) is 5.71 Å². The summed E-state index contributed by atoms with van der Waals surface area (Å²) in [5.74, 6) is 2.68. The van der Waals surface area contributed by atoms with Crippen LogP contribution in [0.1, 0.15) is 85.0 Å². The molecule has 5 rings (SSSR count). The number of hydrogen-bond donors (Lipinski definition) is 1. The van der Waals surface area contributed by atoms with Crippen molar-refractivity contribution in [2.75, 3.05) is 6.54 Å². The number of fused-ring (bicyclic) bond motifs is 5. The highest BCUT2D eigenvalue weighted by molar-refractivity contribution is 5.91. The Morgan fingerprint density at radius 1 is 1.09 bits per heavy atom. The van der Waals surface area contributed by atoms with Crippen LogP contribution < -0.4 is 5.32 Å². The molecular weight excluding hydrogens is 424 g/mol. The van der Waals surface area contributed by atoms with E-state index in [1.165, 1.54) is 31.3 Å². The van der Waals surface area contributed by atoms with Crippen LogP contribution in [0.5, 0.6) is 0 Å². The van der Waals surface area contributed by atoms with Crippen molar-refractivity contribution in [3.05, 3.63) is 11.6 Å². The topological polar surface area (TPSA) is 67.8 Å². The van der Waals surface area contributed by atoms with E-state index in [0.717, 1.165) is 56.7 Å². The largest absolute Gasteiger partial charge is 0.351 e. The van der Waals surface area contributed by atoms with Crippen molar-refractivity contribution in [3.8, 4) is 0 Å². The molecule has 4 aliphatic carbocycles. The molecule has 0 aromatic carbocycles. The van der Waals surface area contributed by atoms with Crippen LogP contribution in [0.15, 0.2) is 16.8 Å². The van der Waals surface area contributed by atoms with Gasteiger partial charge in [0.2, 0.25) is 0 Å². The maximum absolute atomic E-state index is 12.3. The summed E-state index contributed by atoms with van der Waals surface area (Å²) in [5, 5.41) is 7.55. The molecule has 178 valence electrons. The smallest absolute Gasteiger partial charge is 0.317 e. The summed E-state index contributed by atoms with van der Waals surface area (Å²) < 4.78 is 0. The standard InChI is InChI=1S/C26H38N2O3.ClH/c1-16(28-31-24(30)23-5-4-14-27-23)20-8-9-21-19-7-6-17-15-18(29)10-12-25(17,2)22(19)11-13-26(20,21)3;/h15,19-23,27H,4-14H2,1-3H3;1H/t19?,20-,21+,22?,23+,25+,26-;/m1./s1. The van der Waals surface area contributed by atoms with Crippen molar-refractivity contribution in [1.82, 2.24) is 5.32 Å². The highest BCUT2D eigenvalue weighted by Crippen LogP contribution is 2.66. The first kappa shape index (κ1) is 23.9. The van der Waals surface area contributed by atoms with Gasteiger partial charge in [-0.1, -0.05) is 24.6 Å². The molecule has 4 fully saturated rings. The normalized spacial score (nSPS) is 43.5. The van der Waals surface area contributed by atoms with Crippen LogP contribution in [-0.2, 0) is 14.4 Å². The van der Waals surface area contributed by atoms with Gasteiger partial charge in [0.25, 0.3) is 0 Å². The summed E-state index contributed by atoms with van der Waals surface area (Å²) in [6.07, 6.45) is 12.8. The predicted molar refractivity (Wildman–Crippen MR) is 128 cm³/mol. The maximum Gasteiger partial charge on any atom is 0.351 e. The molecule has 5 aliphatic rings. The third kappa shape index (κ3) is 3.77. The molecule has 0 bridgehead atoms.